The fourth-order valence-electron chi connectivity index (χ4n) is 2.04. The summed E-state index contributed by atoms with van der Waals surface area (Å²) in [5.41, 5.74) is 1.15. The van der Waals surface area contributed by atoms with Gasteiger partial charge in [-0.15, -0.1) is 0 Å². The number of hydrogen-bond donors (Lipinski definition) is 1. The summed E-state index contributed by atoms with van der Waals surface area (Å²) in [7, 11) is 0. The lowest BCUT2D eigenvalue weighted by Gasteiger charge is -2.16. The van der Waals surface area contributed by atoms with E-state index >= 15 is 0 Å². The molecular weight excluding hydrogens is 258 g/mol. The molecule has 1 atom stereocenters. The summed E-state index contributed by atoms with van der Waals surface area (Å²) in [5.74, 6) is 0.151. The number of carbonyl (C=O) groups excluding carboxylic acids is 1. The highest BCUT2D eigenvalue weighted by Gasteiger charge is 2.09. The SMILES string of the molecule is CCCCC(CC)NC(=O)CCc1ccc(Cl)cc1. The van der Waals surface area contributed by atoms with Gasteiger partial charge in [0, 0.05) is 17.5 Å². The molecule has 1 aromatic carbocycles. The van der Waals surface area contributed by atoms with Gasteiger partial charge in [0.05, 0.1) is 0 Å². The molecule has 0 fully saturated rings. The van der Waals surface area contributed by atoms with E-state index in [4.69, 9.17) is 11.6 Å². The zero-order chi connectivity index (χ0) is 14.1. The number of halogens is 1. The molecule has 0 radical (unpaired) electrons. The first-order valence-electron chi connectivity index (χ1n) is 7.19. The Morgan fingerprint density at radius 1 is 1.26 bits per heavy atom. The predicted molar refractivity (Wildman–Crippen MR) is 81.5 cm³/mol. The van der Waals surface area contributed by atoms with Gasteiger partial charge in [0.15, 0.2) is 0 Å². The molecule has 0 saturated heterocycles. The maximum absolute atomic E-state index is 11.9. The summed E-state index contributed by atoms with van der Waals surface area (Å²) >= 11 is 5.83. The van der Waals surface area contributed by atoms with Crippen LogP contribution in [0.4, 0.5) is 0 Å². The average molecular weight is 282 g/mol. The molecule has 0 heterocycles. The molecule has 0 saturated carbocycles. The molecule has 1 unspecified atom stereocenters. The Morgan fingerprint density at radius 3 is 2.53 bits per heavy atom. The maximum Gasteiger partial charge on any atom is 0.220 e. The van der Waals surface area contributed by atoms with Crippen molar-refractivity contribution >= 4 is 17.5 Å². The van der Waals surface area contributed by atoms with Crippen LogP contribution < -0.4 is 5.32 Å². The van der Waals surface area contributed by atoms with Crippen LogP contribution in [0.5, 0.6) is 0 Å². The zero-order valence-corrected chi connectivity index (χ0v) is 12.7. The Morgan fingerprint density at radius 2 is 1.95 bits per heavy atom. The molecular formula is C16H24ClNO. The highest BCUT2D eigenvalue weighted by Crippen LogP contribution is 2.11. The van der Waals surface area contributed by atoms with Crippen LogP contribution in [0.25, 0.3) is 0 Å². The molecule has 1 amide bonds. The molecule has 19 heavy (non-hydrogen) atoms. The molecule has 3 heteroatoms. The average Bonchev–Trinajstić information content (AvgIpc) is 2.42. The second-order valence-electron chi connectivity index (χ2n) is 4.94. The molecule has 0 spiro atoms. The Balaban J connectivity index is 2.32. The molecule has 1 rings (SSSR count). The second kappa shape index (κ2) is 8.98. The van der Waals surface area contributed by atoms with Crippen molar-refractivity contribution in [1.82, 2.24) is 5.32 Å². The van der Waals surface area contributed by atoms with Gasteiger partial charge in [-0.2, -0.15) is 0 Å². The van der Waals surface area contributed by atoms with Crippen LogP contribution in [0, 0.1) is 0 Å². The highest BCUT2D eigenvalue weighted by atomic mass is 35.5. The normalized spacial score (nSPS) is 12.2. The summed E-state index contributed by atoms with van der Waals surface area (Å²) < 4.78 is 0. The van der Waals surface area contributed by atoms with E-state index in [9.17, 15) is 4.79 Å². The summed E-state index contributed by atoms with van der Waals surface area (Å²) in [6.45, 7) is 4.30. The van der Waals surface area contributed by atoms with Gasteiger partial charge < -0.3 is 5.32 Å². The molecule has 0 aromatic heterocycles. The quantitative estimate of drug-likeness (QED) is 0.754. The number of rotatable bonds is 8. The zero-order valence-electron chi connectivity index (χ0n) is 11.9. The highest BCUT2D eigenvalue weighted by molar-refractivity contribution is 6.30. The first-order chi connectivity index (χ1) is 9.15. The fourth-order valence-corrected chi connectivity index (χ4v) is 2.16. The summed E-state index contributed by atoms with van der Waals surface area (Å²) in [5, 5.41) is 3.85. The fraction of sp³-hybridized carbons (Fsp3) is 0.562. The molecule has 2 nitrogen and oxygen atoms in total. The Bertz CT molecular complexity index is 375. The largest absolute Gasteiger partial charge is 0.353 e. The van der Waals surface area contributed by atoms with Gasteiger partial charge in [-0.05, 0) is 37.0 Å². The van der Waals surface area contributed by atoms with E-state index in [0.29, 0.717) is 12.5 Å². The third-order valence-electron chi connectivity index (χ3n) is 3.32. The van der Waals surface area contributed by atoms with Crippen molar-refractivity contribution in [2.75, 3.05) is 0 Å². The van der Waals surface area contributed by atoms with Crippen molar-refractivity contribution in [1.29, 1.82) is 0 Å². The molecule has 0 aliphatic rings. The predicted octanol–water partition coefficient (Wildman–Crippen LogP) is 4.36. The van der Waals surface area contributed by atoms with E-state index in [-0.39, 0.29) is 5.91 Å². The molecule has 0 bridgehead atoms. The van der Waals surface area contributed by atoms with Crippen LogP contribution in [-0.2, 0) is 11.2 Å². The van der Waals surface area contributed by atoms with E-state index in [1.54, 1.807) is 0 Å². The van der Waals surface area contributed by atoms with E-state index in [0.717, 1.165) is 29.8 Å². The number of amides is 1. The maximum atomic E-state index is 11.9. The number of carbonyl (C=O) groups is 1. The minimum Gasteiger partial charge on any atom is -0.353 e. The number of aryl methyl sites for hydroxylation is 1. The molecule has 0 aliphatic heterocycles. The van der Waals surface area contributed by atoms with Gasteiger partial charge in [0.1, 0.15) is 0 Å². The second-order valence-corrected chi connectivity index (χ2v) is 5.38. The third-order valence-corrected chi connectivity index (χ3v) is 3.57. The van der Waals surface area contributed by atoms with Gasteiger partial charge in [-0.1, -0.05) is 50.4 Å². The van der Waals surface area contributed by atoms with Crippen LogP contribution in [0.2, 0.25) is 5.02 Å². The lowest BCUT2D eigenvalue weighted by atomic mass is 10.1. The van der Waals surface area contributed by atoms with Crippen molar-refractivity contribution in [3.05, 3.63) is 34.9 Å². The van der Waals surface area contributed by atoms with Crippen LogP contribution in [0.15, 0.2) is 24.3 Å². The van der Waals surface area contributed by atoms with Gasteiger partial charge in [-0.3, -0.25) is 4.79 Å². The molecule has 106 valence electrons. The van der Waals surface area contributed by atoms with Gasteiger partial charge in [0.25, 0.3) is 0 Å². The van der Waals surface area contributed by atoms with Crippen molar-refractivity contribution in [2.45, 2.75) is 58.4 Å². The summed E-state index contributed by atoms with van der Waals surface area (Å²) in [6.07, 6.45) is 5.76. The van der Waals surface area contributed by atoms with Gasteiger partial charge in [-0.25, -0.2) is 0 Å². The lowest BCUT2D eigenvalue weighted by molar-refractivity contribution is -0.121. The van der Waals surface area contributed by atoms with Crippen LogP contribution in [0.1, 0.15) is 51.5 Å². The summed E-state index contributed by atoms with van der Waals surface area (Å²) in [4.78, 5) is 11.9. The van der Waals surface area contributed by atoms with E-state index < -0.39 is 0 Å². The third kappa shape index (κ3) is 6.63. The number of unbranched alkanes of at least 4 members (excludes halogenated alkanes) is 1. The summed E-state index contributed by atoms with van der Waals surface area (Å²) in [6, 6.07) is 8.02. The van der Waals surface area contributed by atoms with Crippen LogP contribution >= 0.6 is 11.6 Å². The first kappa shape index (κ1) is 16.0. The number of nitrogens with one attached hydrogen (secondary N) is 1. The minimum absolute atomic E-state index is 0.151. The van der Waals surface area contributed by atoms with Crippen molar-refractivity contribution in [3.63, 3.8) is 0 Å². The minimum atomic E-state index is 0.151. The Hall–Kier alpha value is -1.02. The van der Waals surface area contributed by atoms with Crippen molar-refractivity contribution in [2.24, 2.45) is 0 Å². The Labute approximate surface area is 121 Å². The topological polar surface area (TPSA) is 29.1 Å². The molecule has 1 aromatic rings. The standard InChI is InChI=1S/C16H24ClNO/c1-3-5-6-15(4-2)18-16(19)12-9-13-7-10-14(17)11-8-13/h7-8,10-11,15H,3-6,9,12H2,1-2H3,(H,18,19). The van der Waals surface area contributed by atoms with Crippen LogP contribution in [0.3, 0.4) is 0 Å². The van der Waals surface area contributed by atoms with Crippen molar-refractivity contribution < 1.29 is 4.79 Å². The Kier molecular flexibility index (Phi) is 7.57. The van der Waals surface area contributed by atoms with Gasteiger partial charge >= 0.3 is 0 Å². The molecule has 0 aliphatic carbocycles. The van der Waals surface area contributed by atoms with Gasteiger partial charge in [0.2, 0.25) is 5.91 Å². The number of benzene rings is 1. The van der Waals surface area contributed by atoms with E-state index in [2.05, 4.69) is 19.2 Å². The smallest absolute Gasteiger partial charge is 0.220 e. The number of hydrogen-bond acceptors (Lipinski definition) is 1. The van der Waals surface area contributed by atoms with E-state index in [1.807, 2.05) is 24.3 Å². The lowest BCUT2D eigenvalue weighted by Crippen LogP contribution is -2.34. The monoisotopic (exact) mass is 281 g/mol. The first-order valence-corrected chi connectivity index (χ1v) is 7.57. The molecule has 1 N–H and O–H groups in total. The van der Waals surface area contributed by atoms with Crippen molar-refractivity contribution in [3.8, 4) is 0 Å². The van der Waals surface area contributed by atoms with E-state index in [1.165, 1.54) is 12.8 Å². The van der Waals surface area contributed by atoms with Crippen LogP contribution in [-0.4, -0.2) is 11.9 Å².